The second-order valence-electron chi connectivity index (χ2n) is 4.42. The van der Waals surface area contributed by atoms with Gasteiger partial charge < -0.3 is 20.0 Å². The second kappa shape index (κ2) is 7.84. The Morgan fingerprint density at radius 3 is 2.85 bits per heavy atom. The fourth-order valence-corrected chi connectivity index (χ4v) is 1.49. The SMILES string of the molecule is CC(C#N)CN(C)C(=O)CNC(=O)NCc1ccco1. The summed E-state index contributed by atoms with van der Waals surface area (Å²) in [4.78, 5) is 24.6. The Labute approximate surface area is 117 Å². The molecule has 0 aliphatic carbocycles. The zero-order valence-electron chi connectivity index (χ0n) is 11.5. The number of carbonyl (C=O) groups is 2. The molecule has 0 fully saturated rings. The van der Waals surface area contributed by atoms with Gasteiger partial charge in [-0.3, -0.25) is 4.79 Å². The van der Waals surface area contributed by atoms with Crippen molar-refractivity contribution in [3.05, 3.63) is 24.2 Å². The summed E-state index contributed by atoms with van der Waals surface area (Å²) >= 11 is 0. The largest absolute Gasteiger partial charge is 0.467 e. The Morgan fingerprint density at radius 2 is 2.25 bits per heavy atom. The van der Waals surface area contributed by atoms with Crippen LogP contribution in [-0.2, 0) is 11.3 Å². The van der Waals surface area contributed by atoms with Gasteiger partial charge in [0.05, 0.1) is 31.3 Å². The van der Waals surface area contributed by atoms with Crippen molar-refractivity contribution in [3.8, 4) is 6.07 Å². The van der Waals surface area contributed by atoms with E-state index in [1.165, 1.54) is 11.2 Å². The minimum Gasteiger partial charge on any atom is -0.467 e. The maximum atomic E-state index is 11.7. The minimum absolute atomic E-state index is 0.112. The maximum absolute atomic E-state index is 11.7. The van der Waals surface area contributed by atoms with Crippen molar-refractivity contribution in [2.24, 2.45) is 5.92 Å². The third kappa shape index (κ3) is 5.44. The van der Waals surface area contributed by atoms with Crippen molar-refractivity contribution in [1.82, 2.24) is 15.5 Å². The molecule has 1 aromatic heterocycles. The normalized spacial score (nSPS) is 11.2. The topological polar surface area (TPSA) is 98.4 Å². The molecule has 0 aliphatic heterocycles. The molecule has 0 aromatic carbocycles. The number of furan rings is 1. The lowest BCUT2D eigenvalue weighted by atomic mass is 10.2. The predicted octanol–water partition coefficient (Wildman–Crippen LogP) is 0.697. The number of nitrogens with one attached hydrogen (secondary N) is 2. The van der Waals surface area contributed by atoms with E-state index in [0.717, 1.165) is 0 Å². The number of hydrogen-bond acceptors (Lipinski definition) is 4. The first-order valence-corrected chi connectivity index (χ1v) is 6.20. The standard InChI is InChI=1S/C13H18N4O3/c1-10(6-14)9-17(2)12(18)8-16-13(19)15-7-11-4-3-5-20-11/h3-5,10H,7-9H2,1-2H3,(H2,15,16,19). The van der Waals surface area contributed by atoms with Crippen LogP contribution in [0.4, 0.5) is 4.79 Å². The molecule has 7 nitrogen and oxygen atoms in total. The van der Waals surface area contributed by atoms with Crippen LogP contribution >= 0.6 is 0 Å². The summed E-state index contributed by atoms with van der Waals surface area (Å²) in [5.74, 6) is 0.142. The van der Waals surface area contributed by atoms with Crippen LogP contribution in [0.25, 0.3) is 0 Å². The van der Waals surface area contributed by atoms with Crippen molar-refractivity contribution in [1.29, 1.82) is 5.26 Å². The molecule has 0 radical (unpaired) electrons. The Bertz CT molecular complexity index is 478. The van der Waals surface area contributed by atoms with Gasteiger partial charge in [0.2, 0.25) is 5.91 Å². The smallest absolute Gasteiger partial charge is 0.315 e. The van der Waals surface area contributed by atoms with Crippen LogP contribution in [0.2, 0.25) is 0 Å². The monoisotopic (exact) mass is 278 g/mol. The van der Waals surface area contributed by atoms with Gasteiger partial charge in [-0.2, -0.15) is 5.26 Å². The van der Waals surface area contributed by atoms with Gasteiger partial charge in [0.15, 0.2) is 0 Å². The average molecular weight is 278 g/mol. The van der Waals surface area contributed by atoms with Crippen molar-refractivity contribution < 1.29 is 14.0 Å². The lowest BCUT2D eigenvalue weighted by Crippen LogP contribution is -2.43. The van der Waals surface area contributed by atoms with E-state index < -0.39 is 6.03 Å². The Morgan fingerprint density at radius 1 is 1.50 bits per heavy atom. The molecular weight excluding hydrogens is 260 g/mol. The van der Waals surface area contributed by atoms with Gasteiger partial charge in [0.25, 0.3) is 0 Å². The van der Waals surface area contributed by atoms with Gasteiger partial charge in [0, 0.05) is 13.6 Å². The zero-order valence-corrected chi connectivity index (χ0v) is 11.5. The van der Waals surface area contributed by atoms with E-state index in [4.69, 9.17) is 9.68 Å². The molecular formula is C13H18N4O3. The van der Waals surface area contributed by atoms with Crippen molar-refractivity contribution >= 4 is 11.9 Å². The zero-order chi connectivity index (χ0) is 15.0. The van der Waals surface area contributed by atoms with E-state index in [2.05, 4.69) is 10.6 Å². The number of likely N-dealkylation sites (N-methyl/N-ethyl adjacent to an activating group) is 1. The lowest BCUT2D eigenvalue weighted by Gasteiger charge is -2.18. The molecule has 7 heteroatoms. The molecule has 1 aromatic rings. The van der Waals surface area contributed by atoms with Gasteiger partial charge >= 0.3 is 6.03 Å². The molecule has 108 valence electrons. The highest BCUT2D eigenvalue weighted by Crippen LogP contribution is 1.98. The third-order valence-corrected chi connectivity index (χ3v) is 2.60. The van der Waals surface area contributed by atoms with Gasteiger partial charge in [-0.15, -0.1) is 0 Å². The van der Waals surface area contributed by atoms with Crippen LogP contribution in [0, 0.1) is 17.2 Å². The first kappa shape index (κ1) is 15.6. The molecule has 0 saturated heterocycles. The summed E-state index contributed by atoms with van der Waals surface area (Å²) in [5, 5.41) is 13.7. The molecule has 0 saturated carbocycles. The molecule has 0 spiro atoms. The van der Waals surface area contributed by atoms with Gasteiger partial charge in [-0.25, -0.2) is 4.79 Å². The van der Waals surface area contributed by atoms with Crippen molar-refractivity contribution in [2.75, 3.05) is 20.1 Å². The number of carbonyl (C=O) groups excluding carboxylic acids is 2. The second-order valence-corrected chi connectivity index (χ2v) is 4.42. The minimum atomic E-state index is -0.448. The molecule has 0 bridgehead atoms. The Hall–Kier alpha value is -2.49. The summed E-state index contributed by atoms with van der Waals surface area (Å²) in [6.45, 7) is 2.21. The molecule has 1 unspecified atom stereocenters. The number of amides is 3. The Balaban J connectivity index is 2.23. The summed E-state index contributed by atoms with van der Waals surface area (Å²) in [6.07, 6.45) is 1.52. The molecule has 20 heavy (non-hydrogen) atoms. The molecule has 2 N–H and O–H groups in total. The number of nitrogens with zero attached hydrogens (tertiary/aromatic N) is 2. The summed E-state index contributed by atoms with van der Waals surface area (Å²) < 4.78 is 5.06. The molecule has 1 rings (SSSR count). The van der Waals surface area contributed by atoms with E-state index in [9.17, 15) is 9.59 Å². The lowest BCUT2D eigenvalue weighted by molar-refractivity contribution is -0.129. The Kier molecular flexibility index (Phi) is 6.10. The molecule has 1 atom stereocenters. The number of urea groups is 1. The fraction of sp³-hybridized carbons (Fsp3) is 0.462. The van der Waals surface area contributed by atoms with Gasteiger partial charge in [-0.05, 0) is 19.1 Å². The van der Waals surface area contributed by atoms with Crippen LogP contribution in [-0.4, -0.2) is 37.0 Å². The first-order chi connectivity index (χ1) is 9.52. The predicted molar refractivity (Wildman–Crippen MR) is 71.4 cm³/mol. The van der Waals surface area contributed by atoms with Crippen LogP contribution in [0.15, 0.2) is 22.8 Å². The third-order valence-electron chi connectivity index (χ3n) is 2.60. The summed E-state index contributed by atoms with van der Waals surface area (Å²) in [6, 6.07) is 5.06. The summed E-state index contributed by atoms with van der Waals surface area (Å²) in [7, 11) is 1.60. The highest BCUT2D eigenvalue weighted by Gasteiger charge is 2.13. The highest BCUT2D eigenvalue weighted by molar-refractivity contribution is 5.83. The van der Waals surface area contributed by atoms with Crippen molar-refractivity contribution in [3.63, 3.8) is 0 Å². The van der Waals surface area contributed by atoms with Crippen molar-refractivity contribution in [2.45, 2.75) is 13.5 Å². The van der Waals surface area contributed by atoms with E-state index in [1.807, 2.05) is 6.07 Å². The molecule has 3 amide bonds. The van der Waals surface area contributed by atoms with E-state index >= 15 is 0 Å². The maximum Gasteiger partial charge on any atom is 0.315 e. The van der Waals surface area contributed by atoms with E-state index in [1.54, 1.807) is 26.1 Å². The first-order valence-electron chi connectivity index (χ1n) is 6.20. The molecule has 0 aliphatic rings. The quantitative estimate of drug-likeness (QED) is 0.800. The van der Waals surface area contributed by atoms with Gasteiger partial charge in [-0.1, -0.05) is 0 Å². The fourth-order valence-electron chi connectivity index (χ4n) is 1.49. The van der Waals surface area contributed by atoms with Crippen LogP contribution in [0.5, 0.6) is 0 Å². The van der Waals surface area contributed by atoms with Gasteiger partial charge in [0.1, 0.15) is 5.76 Å². The average Bonchev–Trinajstić information content (AvgIpc) is 2.95. The van der Waals surface area contributed by atoms with E-state index in [0.29, 0.717) is 12.3 Å². The van der Waals surface area contributed by atoms with Crippen LogP contribution < -0.4 is 10.6 Å². The number of hydrogen-bond donors (Lipinski definition) is 2. The molecule has 1 heterocycles. The van der Waals surface area contributed by atoms with E-state index in [-0.39, 0.29) is 24.9 Å². The highest BCUT2D eigenvalue weighted by atomic mass is 16.3. The van der Waals surface area contributed by atoms with Crippen LogP contribution in [0.3, 0.4) is 0 Å². The number of rotatable bonds is 6. The summed E-state index contributed by atoms with van der Waals surface area (Å²) in [5.41, 5.74) is 0. The number of nitriles is 1. The van der Waals surface area contributed by atoms with Crippen LogP contribution in [0.1, 0.15) is 12.7 Å².